The summed E-state index contributed by atoms with van der Waals surface area (Å²) < 4.78 is 1.81. The van der Waals surface area contributed by atoms with Crippen molar-refractivity contribution >= 4 is 11.7 Å². The molecular weight excluding hydrogens is 290 g/mol. The highest BCUT2D eigenvalue weighted by Crippen LogP contribution is 2.48. The number of rotatable bonds is 3. The summed E-state index contributed by atoms with van der Waals surface area (Å²) in [4.78, 5) is 21.3. The van der Waals surface area contributed by atoms with Crippen LogP contribution in [-0.4, -0.2) is 51.8 Å². The van der Waals surface area contributed by atoms with E-state index in [2.05, 4.69) is 15.0 Å². The second-order valence-corrected chi connectivity index (χ2v) is 6.40. The molecule has 3 heterocycles. The first-order valence-corrected chi connectivity index (χ1v) is 8.15. The Kier molecular flexibility index (Phi) is 3.52. The van der Waals surface area contributed by atoms with E-state index in [-0.39, 0.29) is 5.92 Å². The van der Waals surface area contributed by atoms with Crippen molar-refractivity contribution in [1.29, 1.82) is 0 Å². The highest BCUT2D eigenvalue weighted by molar-refractivity contribution is 5.83. The lowest BCUT2D eigenvalue weighted by Crippen LogP contribution is -2.49. The molecule has 1 saturated heterocycles. The Labute approximate surface area is 135 Å². The monoisotopic (exact) mass is 311 g/mol. The minimum Gasteiger partial charge on any atom is -0.353 e. The van der Waals surface area contributed by atoms with E-state index in [0.717, 1.165) is 38.4 Å². The Balaban J connectivity index is 1.33. The van der Waals surface area contributed by atoms with Gasteiger partial charge in [-0.1, -0.05) is 6.07 Å². The molecule has 0 N–H and O–H groups in total. The van der Waals surface area contributed by atoms with Crippen LogP contribution in [0.4, 0.5) is 5.82 Å². The normalized spacial score (nSPS) is 23.9. The Morgan fingerprint density at radius 3 is 2.70 bits per heavy atom. The fourth-order valence-corrected chi connectivity index (χ4v) is 3.40. The van der Waals surface area contributed by atoms with E-state index >= 15 is 0 Å². The minimum atomic E-state index is 0.153. The van der Waals surface area contributed by atoms with Gasteiger partial charge in [0.2, 0.25) is 5.91 Å². The summed E-state index contributed by atoms with van der Waals surface area (Å²) in [5, 5.41) is 4.21. The number of hydrogen-bond acceptors (Lipinski definition) is 4. The maximum absolute atomic E-state index is 12.7. The smallest absolute Gasteiger partial charge is 0.226 e. The summed E-state index contributed by atoms with van der Waals surface area (Å²) in [5.41, 5.74) is 1.19. The Morgan fingerprint density at radius 1 is 1.22 bits per heavy atom. The lowest BCUT2D eigenvalue weighted by atomic mass is 10.1. The summed E-state index contributed by atoms with van der Waals surface area (Å²) in [6, 6.07) is 5.95. The maximum atomic E-state index is 12.7. The van der Waals surface area contributed by atoms with Crippen LogP contribution in [0.5, 0.6) is 0 Å². The first-order chi connectivity index (χ1) is 11.2. The van der Waals surface area contributed by atoms with E-state index in [1.165, 1.54) is 5.56 Å². The van der Waals surface area contributed by atoms with E-state index < -0.39 is 0 Å². The summed E-state index contributed by atoms with van der Waals surface area (Å²) >= 11 is 0. The van der Waals surface area contributed by atoms with E-state index in [0.29, 0.717) is 11.8 Å². The summed E-state index contributed by atoms with van der Waals surface area (Å²) in [5.74, 6) is 1.82. The van der Waals surface area contributed by atoms with Gasteiger partial charge in [0.05, 0.1) is 6.20 Å². The highest BCUT2D eigenvalue weighted by Gasteiger charge is 2.46. The molecule has 1 aliphatic heterocycles. The summed E-state index contributed by atoms with van der Waals surface area (Å²) in [6.07, 6.45) is 6.69. The number of amides is 1. The fraction of sp³-hybridized carbons (Fsp3) is 0.471. The van der Waals surface area contributed by atoms with Crippen LogP contribution < -0.4 is 4.90 Å². The molecule has 2 aromatic heterocycles. The van der Waals surface area contributed by atoms with E-state index in [4.69, 9.17) is 0 Å². The van der Waals surface area contributed by atoms with Crippen LogP contribution in [0, 0.1) is 5.92 Å². The maximum Gasteiger partial charge on any atom is 0.226 e. The van der Waals surface area contributed by atoms with Gasteiger partial charge in [0, 0.05) is 51.5 Å². The zero-order valence-electron chi connectivity index (χ0n) is 13.3. The molecule has 6 heteroatoms. The molecule has 4 rings (SSSR count). The van der Waals surface area contributed by atoms with Crippen LogP contribution in [0.2, 0.25) is 0 Å². The van der Waals surface area contributed by atoms with E-state index in [1.54, 1.807) is 4.68 Å². The Bertz CT molecular complexity index is 690. The SMILES string of the molecule is Cn1cc([C@@H]2C[C@@H]2C(=O)N2CCN(c3ccccn3)CC2)cn1. The quantitative estimate of drug-likeness (QED) is 0.856. The van der Waals surface area contributed by atoms with Gasteiger partial charge in [-0.3, -0.25) is 9.48 Å². The number of pyridine rings is 1. The van der Waals surface area contributed by atoms with Gasteiger partial charge in [-0.05, 0) is 30.0 Å². The molecule has 1 saturated carbocycles. The fourth-order valence-electron chi connectivity index (χ4n) is 3.40. The van der Waals surface area contributed by atoms with Crippen molar-refractivity contribution in [2.45, 2.75) is 12.3 Å². The highest BCUT2D eigenvalue weighted by atomic mass is 16.2. The van der Waals surface area contributed by atoms with Crippen LogP contribution >= 0.6 is 0 Å². The second-order valence-electron chi connectivity index (χ2n) is 6.40. The van der Waals surface area contributed by atoms with Gasteiger partial charge in [0.15, 0.2) is 0 Å². The molecule has 1 amide bonds. The average molecular weight is 311 g/mol. The van der Waals surface area contributed by atoms with Crippen molar-refractivity contribution in [3.05, 3.63) is 42.4 Å². The number of carbonyl (C=O) groups excluding carboxylic acids is 1. The molecule has 0 unspecified atom stereocenters. The second kappa shape index (κ2) is 5.68. The first kappa shape index (κ1) is 14.2. The zero-order valence-corrected chi connectivity index (χ0v) is 13.3. The van der Waals surface area contributed by atoms with Gasteiger partial charge in [-0.15, -0.1) is 0 Å². The van der Waals surface area contributed by atoms with Crippen molar-refractivity contribution in [2.24, 2.45) is 13.0 Å². The molecule has 6 nitrogen and oxygen atoms in total. The molecule has 2 aliphatic rings. The molecule has 0 aromatic carbocycles. The van der Waals surface area contributed by atoms with E-state index in [1.807, 2.05) is 48.7 Å². The van der Waals surface area contributed by atoms with Gasteiger partial charge in [-0.2, -0.15) is 5.10 Å². The predicted molar refractivity (Wildman–Crippen MR) is 87.1 cm³/mol. The van der Waals surface area contributed by atoms with Crippen LogP contribution in [-0.2, 0) is 11.8 Å². The number of anilines is 1. The molecule has 1 aliphatic carbocycles. The van der Waals surface area contributed by atoms with Crippen LogP contribution in [0.25, 0.3) is 0 Å². The molecule has 2 atom stereocenters. The molecule has 0 spiro atoms. The van der Waals surface area contributed by atoms with Crippen molar-refractivity contribution < 1.29 is 4.79 Å². The van der Waals surface area contributed by atoms with Crippen molar-refractivity contribution in [1.82, 2.24) is 19.7 Å². The van der Waals surface area contributed by atoms with Gasteiger partial charge < -0.3 is 9.80 Å². The number of aryl methyl sites for hydroxylation is 1. The van der Waals surface area contributed by atoms with Crippen molar-refractivity contribution in [3.63, 3.8) is 0 Å². The number of aromatic nitrogens is 3. The number of carbonyl (C=O) groups is 1. The standard InChI is InChI=1S/C17H21N5O/c1-20-12-13(11-19-20)14-10-15(14)17(23)22-8-6-21(7-9-22)16-4-2-3-5-18-16/h2-5,11-12,14-15H,6-10H2,1H3/t14-,15-/m0/s1. The molecule has 0 radical (unpaired) electrons. The van der Waals surface area contributed by atoms with Gasteiger partial charge in [0.1, 0.15) is 5.82 Å². The molecule has 23 heavy (non-hydrogen) atoms. The molecule has 120 valence electrons. The Morgan fingerprint density at radius 2 is 2.04 bits per heavy atom. The lowest BCUT2D eigenvalue weighted by Gasteiger charge is -2.35. The minimum absolute atomic E-state index is 0.153. The number of hydrogen-bond donors (Lipinski definition) is 0. The molecular formula is C17H21N5O. The summed E-state index contributed by atoms with van der Waals surface area (Å²) in [7, 11) is 1.92. The van der Waals surface area contributed by atoms with Crippen molar-refractivity contribution in [2.75, 3.05) is 31.1 Å². The van der Waals surface area contributed by atoms with Gasteiger partial charge in [0.25, 0.3) is 0 Å². The van der Waals surface area contributed by atoms with Crippen LogP contribution in [0.15, 0.2) is 36.8 Å². The molecule has 2 aromatic rings. The van der Waals surface area contributed by atoms with Crippen LogP contribution in [0.3, 0.4) is 0 Å². The zero-order chi connectivity index (χ0) is 15.8. The predicted octanol–water partition coefficient (Wildman–Crippen LogP) is 1.27. The first-order valence-electron chi connectivity index (χ1n) is 8.15. The molecule has 0 bridgehead atoms. The van der Waals surface area contributed by atoms with E-state index in [9.17, 15) is 4.79 Å². The number of piperazine rings is 1. The lowest BCUT2D eigenvalue weighted by molar-refractivity contribution is -0.133. The third kappa shape index (κ3) is 2.81. The number of nitrogens with zero attached hydrogens (tertiary/aromatic N) is 5. The average Bonchev–Trinajstić information content (AvgIpc) is 3.29. The van der Waals surface area contributed by atoms with Crippen LogP contribution in [0.1, 0.15) is 17.9 Å². The third-order valence-corrected chi connectivity index (χ3v) is 4.83. The van der Waals surface area contributed by atoms with Gasteiger partial charge >= 0.3 is 0 Å². The largest absolute Gasteiger partial charge is 0.353 e. The third-order valence-electron chi connectivity index (χ3n) is 4.83. The molecule has 2 fully saturated rings. The topological polar surface area (TPSA) is 54.3 Å². The Hall–Kier alpha value is -2.37. The van der Waals surface area contributed by atoms with Crippen molar-refractivity contribution in [3.8, 4) is 0 Å². The van der Waals surface area contributed by atoms with Gasteiger partial charge in [-0.25, -0.2) is 4.98 Å². The summed E-state index contributed by atoms with van der Waals surface area (Å²) in [6.45, 7) is 3.28.